The molecule has 70 heavy (non-hydrogen) atoms. The van der Waals surface area contributed by atoms with Gasteiger partial charge in [0, 0.05) is 21.6 Å². The van der Waals surface area contributed by atoms with E-state index in [9.17, 15) is 43.0 Å². The fourth-order valence-electron chi connectivity index (χ4n) is 6.18. The molecule has 0 unspecified atom stereocenters. The maximum absolute atomic E-state index is 13.8. The van der Waals surface area contributed by atoms with E-state index in [4.69, 9.17) is 28.8 Å². The number of aryl methyl sites for hydroxylation is 1. The molecule has 0 saturated heterocycles. The number of carbonyl (C=O) groups is 1. The van der Waals surface area contributed by atoms with Gasteiger partial charge in [-0.1, -0.05) is 28.8 Å². The second-order valence-electron chi connectivity index (χ2n) is 14.6. The molecule has 7 aromatic carbocycles. The zero-order valence-corrected chi connectivity index (χ0v) is 40.8. The first-order chi connectivity index (χ1) is 33.0. The van der Waals surface area contributed by atoms with E-state index in [0.717, 1.165) is 23.8 Å². The van der Waals surface area contributed by atoms with E-state index in [1.54, 1.807) is 97.1 Å². The quantitative estimate of drug-likeness (QED) is 0.0237. The Hall–Kier alpha value is -6.64. The molecule has 366 valence electrons. The van der Waals surface area contributed by atoms with Crippen molar-refractivity contribution in [1.82, 2.24) is 0 Å². The van der Waals surface area contributed by atoms with Gasteiger partial charge in [0.05, 0.1) is 45.0 Å². The van der Waals surface area contributed by atoms with Crippen molar-refractivity contribution in [2.24, 2.45) is 0 Å². The largest absolute Gasteiger partial charge is 0.497 e. The van der Waals surface area contributed by atoms with Crippen LogP contribution < -0.4 is 18.9 Å². The molecule has 0 fully saturated rings. The van der Waals surface area contributed by atoms with Crippen molar-refractivity contribution in [1.29, 1.82) is 0 Å². The molecule has 7 aromatic rings. The summed E-state index contributed by atoms with van der Waals surface area (Å²) in [6, 6.07) is 38.3. The summed E-state index contributed by atoms with van der Waals surface area (Å²) in [4.78, 5) is 12.2. The minimum Gasteiger partial charge on any atom is -0.497 e. The van der Waals surface area contributed by atoms with Crippen LogP contribution in [0.1, 0.15) is 27.0 Å². The number of rotatable bonds is 18. The van der Waals surface area contributed by atoms with Gasteiger partial charge in [-0.2, -0.15) is 16.8 Å². The summed E-state index contributed by atoms with van der Waals surface area (Å²) < 4.78 is 141. The highest BCUT2D eigenvalue weighted by Crippen LogP contribution is 2.36. The number of methoxy groups -OCH3 is 1. The van der Waals surface area contributed by atoms with E-state index in [-0.39, 0.29) is 43.5 Å². The van der Waals surface area contributed by atoms with E-state index in [2.05, 4.69) is 9.37 Å². The van der Waals surface area contributed by atoms with E-state index in [0.29, 0.717) is 58.0 Å². The highest BCUT2D eigenvalue weighted by atomic mass is 32.2. The average molecular weight is 1050 g/mol. The monoisotopic (exact) mass is 1050 g/mol. The van der Waals surface area contributed by atoms with Crippen LogP contribution in [0.4, 0.5) is 0 Å². The van der Waals surface area contributed by atoms with E-state index < -0.39 is 49.7 Å². The minimum absolute atomic E-state index is 0.125. The molecule has 0 aliphatic carbocycles. The number of sulfone groups is 2. The number of ether oxygens (including phenoxy) is 4. The smallest absolute Gasteiger partial charge is 0.298 e. The zero-order valence-electron chi connectivity index (χ0n) is 36.7. The standard InChI is InChI=1S/C46H36O15S4.CH4O3S/c1-30-3-20-39(21-4-30)63(49,50)40-23-18-37(19-24-40)58-36-12-7-32(8-13-36)46(47)31-5-10-35(11-6-31)57-29-33-9-22-41(27-44(33)62-61-60-48)64(51,52)42-25-26-43(45(28-42)65(53,54)55)59-38-16-14-34(56-2)15-17-38;1-5(2,3)4/h3-28,48H,29H2,1-2H3,(H,53,54,55);1H3,(H,2,3,4). The van der Waals surface area contributed by atoms with Gasteiger partial charge < -0.3 is 18.9 Å². The Morgan fingerprint density at radius 1 is 0.543 bits per heavy atom. The van der Waals surface area contributed by atoms with Gasteiger partial charge in [-0.15, -0.1) is 4.33 Å². The summed E-state index contributed by atoms with van der Waals surface area (Å²) in [5.74, 6) is 1.26. The van der Waals surface area contributed by atoms with Crippen molar-refractivity contribution in [3.05, 3.63) is 180 Å². The predicted molar refractivity (Wildman–Crippen MR) is 253 cm³/mol. The minimum atomic E-state index is -4.97. The maximum Gasteiger partial charge on any atom is 0.298 e. The Morgan fingerprint density at radius 2 is 0.971 bits per heavy atom. The molecule has 0 aliphatic rings. The third-order valence-electron chi connectivity index (χ3n) is 9.62. The third-order valence-corrected chi connectivity index (χ3v) is 14.7. The summed E-state index contributed by atoms with van der Waals surface area (Å²) in [5, 5.41) is 12.6. The van der Waals surface area contributed by atoms with E-state index >= 15 is 0 Å². The van der Waals surface area contributed by atoms with Gasteiger partial charge in [-0.05, 0) is 146 Å². The lowest BCUT2D eigenvalue weighted by molar-refractivity contribution is -0.432. The molecule has 0 bridgehead atoms. The molecule has 0 amide bonds. The third kappa shape index (κ3) is 14.0. The first-order valence-electron chi connectivity index (χ1n) is 19.9. The van der Waals surface area contributed by atoms with Crippen LogP contribution in [-0.4, -0.2) is 67.2 Å². The van der Waals surface area contributed by atoms with Gasteiger partial charge in [-0.3, -0.25) is 13.9 Å². The fraction of sp³-hybridized carbons (Fsp3) is 0.0851. The average Bonchev–Trinajstić information content (AvgIpc) is 3.32. The van der Waals surface area contributed by atoms with Crippen molar-refractivity contribution < 1.29 is 81.1 Å². The lowest BCUT2D eigenvalue weighted by atomic mass is 10.0. The molecule has 18 nitrogen and oxygen atoms in total. The summed E-state index contributed by atoms with van der Waals surface area (Å²) in [5.41, 5.74) is 2.07. The van der Waals surface area contributed by atoms with Crippen molar-refractivity contribution in [2.75, 3.05) is 13.4 Å². The van der Waals surface area contributed by atoms with Crippen LogP contribution in [-0.2, 0) is 55.9 Å². The number of hydrogen-bond acceptors (Lipinski definition) is 17. The van der Waals surface area contributed by atoms with Gasteiger partial charge in [0.15, 0.2) is 5.78 Å². The molecule has 0 heterocycles. The molecular formula is C47H40O18S5. The van der Waals surface area contributed by atoms with Gasteiger partial charge in [0.1, 0.15) is 46.0 Å². The summed E-state index contributed by atoms with van der Waals surface area (Å²) >= 11 is 0.470. The normalized spacial score (nSPS) is 11.7. The first-order valence-corrected chi connectivity index (χ1v) is 26.9. The molecule has 3 N–H and O–H groups in total. The van der Waals surface area contributed by atoms with Crippen LogP contribution in [0, 0.1) is 6.92 Å². The summed E-state index contributed by atoms with van der Waals surface area (Å²) in [6.07, 6.45) is 0.715. The summed E-state index contributed by atoms with van der Waals surface area (Å²) in [6.45, 7) is 1.74. The van der Waals surface area contributed by atoms with Crippen LogP contribution >= 0.6 is 12.0 Å². The Labute approximate surface area is 407 Å². The second-order valence-corrected chi connectivity index (χ2v) is 22.1. The number of carbonyl (C=O) groups excluding carboxylic acids is 1. The summed E-state index contributed by atoms with van der Waals surface area (Å²) in [7, 11) is -15.3. The van der Waals surface area contributed by atoms with Crippen molar-refractivity contribution in [3.63, 3.8) is 0 Å². The van der Waals surface area contributed by atoms with Crippen molar-refractivity contribution in [2.45, 2.75) is 42.9 Å². The van der Waals surface area contributed by atoms with E-state index in [1.165, 1.54) is 49.6 Å². The molecular weight excluding hydrogens is 1010 g/mol. The molecule has 7 rings (SSSR count). The Bertz CT molecular complexity index is 3410. The molecule has 0 spiro atoms. The Kier molecular flexibility index (Phi) is 16.9. The maximum atomic E-state index is 13.8. The highest BCUT2D eigenvalue weighted by molar-refractivity contribution is 7.94. The lowest BCUT2D eigenvalue weighted by Crippen LogP contribution is -2.07. The van der Waals surface area contributed by atoms with Crippen molar-refractivity contribution >= 4 is 57.7 Å². The van der Waals surface area contributed by atoms with Gasteiger partial charge >= 0.3 is 0 Å². The van der Waals surface area contributed by atoms with Gasteiger partial charge in [0.2, 0.25) is 19.7 Å². The molecule has 0 radical (unpaired) electrons. The van der Waals surface area contributed by atoms with E-state index in [1.807, 2.05) is 6.92 Å². The van der Waals surface area contributed by atoms with Crippen LogP contribution in [0.25, 0.3) is 0 Å². The number of ketones is 1. The van der Waals surface area contributed by atoms with Crippen LogP contribution in [0.3, 0.4) is 0 Å². The van der Waals surface area contributed by atoms with Crippen LogP contribution in [0.15, 0.2) is 187 Å². The molecule has 0 saturated carbocycles. The molecule has 23 heteroatoms. The highest BCUT2D eigenvalue weighted by Gasteiger charge is 2.26. The predicted octanol–water partition coefficient (Wildman–Crippen LogP) is 9.24. The Balaban J connectivity index is 0.00000153. The van der Waals surface area contributed by atoms with Gasteiger partial charge in [-0.25, -0.2) is 22.1 Å². The molecule has 0 aromatic heterocycles. The molecule has 0 aliphatic heterocycles. The first kappa shape index (κ1) is 52.7. The number of hydrogen-bond donors (Lipinski definition) is 3. The fourth-order valence-corrected chi connectivity index (χ4v) is 10.1. The van der Waals surface area contributed by atoms with Crippen LogP contribution in [0.5, 0.6) is 34.5 Å². The lowest BCUT2D eigenvalue weighted by Gasteiger charge is -2.14. The second kappa shape index (κ2) is 22.4. The zero-order chi connectivity index (χ0) is 50.9. The van der Waals surface area contributed by atoms with Crippen LogP contribution in [0.2, 0.25) is 0 Å². The molecule has 0 atom stereocenters. The SMILES string of the molecule is COc1ccc(Oc2ccc(S(=O)(=O)c3ccc(COc4ccc(C(=O)c5ccc(Oc6ccc(S(=O)(=O)c7ccc(C)cc7)cc6)cc5)cc4)c(SOOO)c3)cc2S(=O)(=O)O)cc1.CS(=O)(=O)O. The Morgan fingerprint density at radius 3 is 1.50 bits per heavy atom. The van der Waals surface area contributed by atoms with Gasteiger partial charge in [0.25, 0.3) is 20.2 Å². The van der Waals surface area contributed by atoms with Crippen molar-refractivity contribution in [3.8, 4) is 34.5 Å². The topological polar surface area (TPSA) is 270 Å². The number of benzene rings is 7.